The molecule has 1 aromatic heterocycles. The predicted molar refractivity (Wildman–Crippen MR) is 73.1 cm³/mol. The van der Waals surface area contributed by atoms with Gasteiger partial charge in [-0.15, -0.1) is 0 Å². The summed E-state index contributed by atoms with van der Waals surface area (Å²) in [4.78, 5) is 7.84. The fraction of sp³-hybridized carbons (Fsp3) is 0.462. The van der Waals surface area contributed by atoms with E-state index in [0.717, 1.165) is 26.9 Å². The van der Waals surface area contributed by atoms with E-state index in [1.54, 1.807) is 0 Å². The summed E-state index contributed by atoms with van der Waals surface area (Å²) in [6.45, 7) is 8.68. The van der Waals surface area contributed by atoms with Gasteiger partial charge in [-0.2, -0.15) is 0 Å². The first-order chi connectivity index (χ1) is 7.85. The van der Waals surface area contributed by atoms with Crippen molar-refractivity contribution in [2.45, 2.75) is 39.9 Å². The van der Waals surface area contributed by atoms with Crippen LogP contribution in [0.1, 0.15) is 32.2 Å². The Morgan fingerprint density at radius 3 is 2.71 bits per heavy atom. The number of rotatable bonds is 2. The Bertz CT molecular complexity index is 540. The van der Waals surface area contributed by atoms with E-state index in [1.807, 2.05) is 26.8 Å². The number of imidazole rings is 1. The Kier molecular flexibility index (Phi) is 3.27. The number of fused-ring (bicyclic) bond motifs is 1. The van der Waals surface area contributed by atoms with Gasteiger partial charge in [0.25, 0.3) is 0 Å². The molecule has 0 bridgehead atoms. The van der Waals surface area contributed by atoms with Crippen LogP contribution in [0.25, 0.3) is 11.0 Å². The largest absolute Gasteiger partial charge is 0.368 e. The third-order valence-corrected chi connectivity index (χ3v) is 2.89. The quantitative estimate of drug-likeness (QED) is 0.911. The van der Waals surface area contributed by atoms with Crippen molar-refractivity contribution in [2.24, 2.45) is 0 Å². The van der Waals surface area contributed by atoms with Crippen LogP contribution in [0.5, 0.6) is 0 Å². The molecule has 1 aromatic carbocycles. The minimum Gasteiger partial charge on any atom is -0.368 e. The number of benzene rings is 1. The fourth-order valence-electron chi connectivity index (χ4n) is 1.65. The Morgan fingerprint density at radius 2 is 2.06 bits per heavy atom. The molecule has 2 aromatic rings. The minimum atomic E-state index is -0.144. The smallest absolute Gasteiger partial charge is 0.133 e. The molecule has 0 amide bonds. The number of nitrogens with one attached hydrogen (secondary N) is 1. The second kappa shape index (κ2) is 4.42. The highest BCUT2D eigenvalue weighted by molar-refractivity contribution is 9.10. The van der Waals surface area contributed by atoms with Gasteiger partial charge in [0.15, 0.2) is 0 Å². The molecule has 0 unspecified atom stereocenters. The van der Waals surface area contributed by atoms with Gasteiger partial charge in [0.05, 0.1) is 16.6 Å². The Labute approximate surface area is 110 Å². The first-order valence-electron chi connectivity index (χ1n) is 5.64. The molecule has 0 spiro atoms. The molecule has 0 aliphatic rings. The van der Waals surface area contributed by atoms with Gasteiger partial charge in [0.2, 0.25) is 0 Å². The highest BCUT2D eigenvalue weighted by Gasteiger charge is 2.12. The predicted octanol–water partition coefficient (Wildman–Crippen LogP) is 3.95. The number of aromatic amines is 1. The van der Waals surface area contributed by atoms with E-state index in [-0.39, 0.29) is 5.60 Å². The summed E-state index contributed by atoms with van der Waals surface area (Å²) < 4.78 is 6.77. The number of nitrogens with zero attached hydrogens (tertiary/aromatic N) is 1. The van der Waals surface area contributed by atoms with Crippen molar-refractivity contribution in [3.8, 4) is 0 Å². The molecule has 0 saturated heterocycles. The zero-order chi connectivity index (χ0) is 12.6. The van der Waals surface area contributed by atoms with Crippen LogP contribution in [0.2, 0.25) is 0 Å². The molecule has 92 valence electrons. The maximum Gasteiger partial charge on any atom is 0.133 e. The Balaban J connectivity index is 2.29. The van der Waals surface area contributed by atoms with Crippen molar-refractivity contribution in [1.29, 1.82) is 0 Å². The van der Waals surface area contributed by atoms with Crippen LogP contribution in [-0.4, -0.2) is 15.6 Å². The molecule has 1 heterocycles. The summed E-state index contributed by atoms with van der Waals surface area (Å²) in [5.74, 6) is 0.871. The molecule has 4 heteroatoms. The van der Waals surface area contributed by atoms with Crippen LogP contribution >= 0.6 is 15.9 Å². The third-order valence-electron chi connectivity index (χ3n) is 2.43. The highest BCUT2D eigenvalue weighted by atomic mass is 79.9. The van der Waals surface area contributed by atoms with Crippen molar-refractivity contribution >= 4 is 27.0 Å². The molecule has 0 atom stereocenters. The lowest BCUT2D eigenvalue weighted by atomic mass is 10.2. The third kappa shape index (κ3) is 3.07. The second-order valence-electron chi connectivity index (χ2n) is 5.20. The maximum atomic E-state index is 5.71. The van der Waals surface area contributed by atoms with E-state index in [2.05, 4.69) is 38.9 Å². The standard InChI is InChI=1S/C13H17BrN2O/c1-8-5-9(14)6-10-12(8)16-11(15-10)7-17-13(2,3)4/h5-6H,7H2,1-4H3,(H,15,16). The van der Waals surface area contributed by atoms with Crippen LogP contribution in [-0.2, 0) is 11.3 Å². The van der Waals surface area contributed by atoms with Crippen LogP contribution in [0.15, 0.2) is 16.6 Å². The number of hydrogen-bond donors (Lipinski definition) is 1. The average molecular weight is 297 g/mol. The molecule has 2 rings (SSSR count). The number of H-pyrrole nitrogens is 1. The van der Waals surface area contributed by atoms with Gasteiger partial charge in [-0.1, -0.05) is 15.9 Å². The van der Waals surface area contributed by atoms with Crippen molar-refractivity contribution in [3.05, 3.63) is 28.0 Å². The van der Waals surface area contributed by atoms with E-state index in [1.165, 1.54) is 0 Å². The summed E-state index contributed by atoms with van der Waals surface area (Å²) in [5.41, 5.74) is 3.08. The lowest BCUT2D eigenvalue weighted by Crippen LogP contribution is -2.19. The molecule has 0 fully saturated rings. The number of aromatic nitrogens is 2. The van der Waals surface area contributed by atoms with E-state index in [0.29, 0.717) is 6.61 Å². The van der Waals surface area contributed by atoms with Crippen LogP contribution in [0.4, 0.5) is 0 Å². The zero-order valence-electron chi connectivity index (χ0n) is 10.6. The summed E-state index contributed by atoms with van der Waals surface area (Å²) in [5, 5.41) is 0. The highest BCUT2D eigenvalue weighted by Crippen LogP contribution is 2.22. The minimum absolute atomic E-state index is 0.144. The molecular formula is C13H17BrN2O. The fourth-order valence-corrected chi connectivity index (χ4v) is 2.22. The van der Waals surface area contributed by atoms with Crippen molar-refractivity contribution < 1.29 is 4.74 Å². The normalized spacial score (nSPS) is 12.3. The summed E-state index contributed by atoms with van der Waals surface area (Å²) in [7, 11) is 0. The molecule has 3 nitrogen and oxygen atoms in total. The van der Waals surface area contributed by atoms with E-state index < -0.39 is 0 Å². The van der Waals surface area contributed by atoms with Crippen molar-refractivity contribution in [3.63, 3.8) is 0 Å². The van der Waals surface area contributed by atoms with Gasteiger partial charge in [-0.3, -0.25) is 0 Å². The van der Waals surface area contributed by atoms with E-state index in [9.17, 15) is 0 Å². The SMILES string of the molecule is Cc1cc(Br)cc2[nH]c(COC(C)(C)C)nc12. The summed E-state index contributed by atoms with van der Waals surface area (Å²) in [6.07, 6.45) is 0. The first-order valence-corrected chi connectivity index (χ1v) is 6.43. The average Bonchev–Trinajstić information content (AvgIpc) is 2.56. The Morgan fingerprint density at radius 1 is 1.35 bits per heavy atom. The lowest BCUT2D eigenvalue weighted by Gasteiger charge is -2.18. The molecule has 0 aliphatic carbocycles. The number of halogens is 1. The van der Waals surface area contributed by atoms with Gasteiger partial charge in [0.1, 0.15) is 12.4 Å². The second-order valence-corrected chi connectivity index (χ2v) is 6.12. The monoisotopic (exact) mass is 296 g/mol. The molecular weight excluding hydrogens is 280 g/mol. The van der Waals surface area contributed by atoms with Crippen LogP contribution < -0.4 is 0 Å². The topological polar surface area (TPSA) is 37.9 Å². The van der Waals surface area contributed by atoms with E-state index >= 15 is 0 Å². The van der Waals surface area contributed by atoms with Gasteiger partial charge >= 0.3 is 0 Å². The summed E-state index contributed by atoms with van der Waals surface area (Å²) >= 11 is 3.48. The van der Waals surface area contributed by atoms with Gasteiger partial charge in [0, 0.05) is 4.47 Å². The lowest BCUT2D eigenvalue weighted by molar-refractivity contribution is -0.0177. The number of ether oxygens (including phenoxy) is 1. The summed E-state index contributed by atoms with van der Waals surface area (Å²) in [6, 6.07) is 4.10. The molecule has 0 aliphatic heterocycles. The van der Waals surface area contributed by atoms with Crippen LogP contribution in [0.3, 0.4) is 0 Å². The first kappa shape index (κ1) is 12.6. The number of hydrogen-bond acceptors (Lipinski definition) is 2. The van der Waals surface area contributed by atoms with Crippen molar-refractivity contribution in [2.75, 3.05) is 0 Å². The molecule has 0 saturated carbocycles. The Hall–Kier alpha value is -0.870. The zero-order valence-corrected chi connectivity index (χ0v) is 12.2. The van der Waals surface area contributed by atoms with Gasteiger partial charge in [-0.25, -0.2) is 4.98 Å². The van der Waals surface area contributed by atoms with Crippen LogP contribution in [0, 0.1) is 6.92 Å². The molecule has 1 N–H and O–H groups in total. The molecule has 0 radical (unpaired) electrons. The van der Waals surface area contributed by atoms with Gasteiger partial charge < -0.3 is 9.72 Å². The van der Waals surface area contributed by atoms with Gasteiger partial charge in [-0.05, 0) is 45.4 Å². The molecule has 17 heavy (non-hydrogen) atoms. The number of aryl methyl sites for hydroxylation is 1. The van der Waals surface area contributed by atoms with E-state index in [4.69, 9.17) is 4.74 Å². The van der Waals surface area contributed by atoms with Crippen molar-refractivity contribution in [1.82, 2.24) is 9.97 Å². The maximum absolute atomic E-state index is 5.71.